The molecule has 0 N–H and O–H groups in total. The SMILES string of the molecule is CC(C)(C)OC(=O)N1CCOC2(CCN(C(=O)OCc3ccccc3)CC2)C1. The molecule has 0 saturated carbocycles. The normalized spacial score (nSPS) is 19.4. The molecule has 0 bridgehead atoms. The van der Waals surface area contributed by atoms with Gasteiger partial charge in [0.2, 0.25) is 0 Å². The molecule has 28 heavy (non-hydrogen) atoms. The van der Waals surface area contributed by atoms with Crippen molar-refractivity contribution in [3.05, 3.63) is 35.9 Å². The minimum atomic E-state index is -0.519. The Hall–Kier alpha value is -2.28. The number of ether oxygens (including phenoxy) is 3. The van der Waals surface area contributed by atoms with E-state index in [1.165, 1.54) is 0 Å². The van der Waals surface area contributed by atoms with Crippen molar-refractivity contribution in [3.8, 4) is 0 Å². The van der Waals surface area contributed by atoms with Gasteiger partial charge in [0.1, 0.15) is 12.2 Å². The minimum Gasteiger partial charge on any atom is -0.445 e. The molecule has 1 spiro atoms. The molecule has 0 aromatic heterocycles. The first-order valence-corrected chi connectivity index (χ1v) is 9.84. The molecule has 7 heteroatoms. The number of hydrogen-bond donors (Lipinski definition) is 0. The molecular weight excluding hydrogens is 360 g/mol. The first-order chi connectivity index (χ1) is 13.3. The Kier molecular flexibility index (Phi) is 6.13. The maximum absolute atomic E-state index is 12.4. The zero-order valence-electron chi connectivity index (χ0n) is 17.0. The van der Waals surface area contributed by atoms with Gasteiger partial charge in [-0.05, 0) is 39.2 Å². The quantitative estimate of drug-likeness (QED) is 0.774. The lowest BCUT2D eigenvalue weighted by Gasteiger charge is -2.46. The number of hydrogen-bond acceptors (Lipinski definition) is 5. The average Bonchev–Trinajstić information content (AvgIpc) is 2.66. The fraction of sp³-hybridized carbons (Fsp3) is 0.619. The number of carbonyl (C=O) groups excluding carboxylic acids is 2. The van der Waals surface area contributed by atoms with Crippen molar-refractivity contribution in [1.29, 1.82) is 0 Å². The van der Waals surface area contributed by atoms with Gasteiger partial charge in [-0.15, -0.1) is 0 Å². The second-order valence-electron chi connectivity index (χ2n) is 8.46. The summed E-state index contributed by atoms with van der Waals surface area (Å²) in [6, 6.07) is 9.63. The van der Waals surface area contributed by atoms with Crippen LogP contribution in [-0.2, 0) is 20.8 Å². The standard InChI is InChI=1S/C21H30N2O5/c1-20(2,3)28-19(25)23-13-14-27-21(16-23)9-11-22(12-10-21)18(24)26-15-17-7-5-4-6-8-17/h4-8H,9-16H2,1-3H3. The molecule has 3 rings (SSSR count). The van der Waals surface area contributed by atoms with Gasteiger partial charge in [0.05, 0.1) is 18.8 Å². The predicted octanol–water partition coefficient (Wildman–Crippen LogP) is 3.43. The first kappa shape index (κ1) is 20.5. The van der Waals surface area contributed by atoms with Gasteiger partial charge in [0.15, 0.2) is 0 Å². The van der Waals surface area contributed by atoms with Crippen LogP contribution < -0.4 is 0 Å². The zero-order chi connectivity index (χ0) is 20.2. The Morgan fingerprint density at radius 2 is 1.71 bits per heavy atom. The van der Waals surface area contributed by atoms with Crippen LogP contribution in [0, 0.1) is 0 Å². The number of carbonyl (C=O) groups is 2. The fourth-order valence-electron chi connectivity index (χ4n) is 3.54. The summed E-state index contributed by atoms with van der Waals surface area (Å²) in [5.74, 6) is 0. The smallest absolute Gasteiger partial charge is 0.410 e. The van der Waals surface area contributed by atoms with Gasteiger partial charge in [-0.1, -0.05) is 30.3 Å². The summed E-state index contributed by atoms with van der Waals surface area (Å²) in [4.78, 5) is 28.2. The van der Waals surface area contributed by atoms with Crippen molar-refractivity contribution < 1.29 is 23.8 Å². The lowest BCUT2D eigenvalue weighted by atomic mass is 9.89. The zero-order valence-corrected chi connectivity index (χ0v) is 17.0. The summed E-state index contributed by atoms with van der Waals surface area (Å²) in [7, 11) is 0. The lowest BCUT2D eigenvalue weighted by Crippen LogP contribution is -2.59. The first-order valence-electron chi connectivity index (χ1n) is 9.84. The molecule has 7 nitrogen and oxygen atoms in total. The predicted molar refractivity (Wildman–Crippen MR) is 104 cm³/mol. The van der Waals surface area contributed by atoms with Crippen LogP contribution in [0.3, 0.4) is 0 Å². The molecule has 0 radical (unpaired) electrons. The van der Waals surface area contributed by atoms with Crippen molar-refractivity contribution in [2.75, 3.05) is 32.8 Å². The number of rotatable bonds is 2. The maximum Gasteiger partial charge on any atom is 0.410 e. The van der Waals surface area contributed by atoms with Crippen molar-refractivity contribution in [2.24, 2.45) is 0 Å². The summed E-state index contributed by atoms with van der Waals surface area (Å²) < 4.78 is 17.0. The third kappa shape index (κ3) is 5.38. The van der Waals surface area contributed by atoms with E-state index in [1.54, 1.807) is 9.80 Å². The van der Waals surface area contributed by atoms with Crippen LogP contribution in [-0.4, -0.2) is 66.0 Å². The molecule has 2 fully saturated rings. The van der Waals surface area contributed by atoms with Crippen molar-refractivity contribution in [3.63, 3.8) is 0 Å². The Labute approximate surface area is 166 Å². The molecule has 2 aliphatic heterocycles. The number of likely N-dealkylation sites (tertiary alicyclic amines) is 1. The second kappa shape index (κ2) is 8.39. The van der Waals surface area contributed by atoms with Gasteiger partial charge in [0, 0.05) is 19.6 Å². The largest absolute Gasteiger partial charge is 0.445 e. The summed E-state index contributed by atoms with van der Waals surface area (Å²) in [6.45, 7) is 8.46. The molecule has 1 aromatic carbocycles. The van der Waals surface area contributed by atoms with Gasteiger partial charge in [-0.25, -0.2) is 9.59 Å². The third-order valence-corrected chi connectivity index (χ3v) is 5.04. The highest BCUT2D eigenvalue weighted by Gasteiger charge is 2.42. The maximum atomic E-state index is 12.4. The summed E-state index contributed by atoms with van der Waals surface area (Å²) in [6.07, 6.45) is 0.734. The third-order valence-electron chi connectivity index (χ3n) is 5.04. The number of piperidine rings is 1. The Morgan fingerprint density at radius 1 is 1.04 bits per heavy atom. The number of amides is 2. The topological polar surface area (TPSA) is 68.3 Å². The highest BCUT2D eigenvalue weighted by Crippen LogP contribution is 2.31. The number of benzene rings is 1. The van der Waals surface area contributed by atoms with E-state index in [9.17, 15) is 9.59 Å². The lowest BCUT2D eigenvalue weighted by molar-refractivity contribution is -0.131. The molecule has 1 aromatic rings. The van der Waals surface area contributed by atoms with E-state index in [2.05, 4.69) is 0 Å². The summed E-state index contributed by atoms with van der Waals surface area (Å²) in [5.41, 5.74) is 0.0349. The second-order valence-corrected chi connectivity index (χ2v) is 8.46. The van der Waals surface area contributed by atoms with E-state index < -0.39 is 11.2 Å². The number of morpholine rings is 1. The highest BCUT2D eigenvalue weighted by molar-refractivity contribution is 5.69. The van der Waals surface area contributed by atoms with E-state index in [0.29, 0.717) is 45.6 Å². The van der Waals surface area contributed by atoms with Crippen molar-refractivity contribution in [2.45, 2.75) is 51.4 Å². The van der Waals surface area contributed by atoms with Crippen LogP contribution in [0.1, 0.15) is 39.2 Å². The van der Waals surface area contributed by atoms with E-state index in [4.69, 9.17) is 14.2 Å². The van der Waals surface area contributed by atoms with Crippen LogP contribution >= 0.6 is 0 Å². The fourth-order valence-corrected chi connectivity index (χ4v) is 3.54. The van der Waals surface area contributed by atoms with Gasteiger partial charge in [-0.2, -0.15) is 0 Å². The average molecular weight is 390 g/mol. The van der Waals surface area contributed by atoms with Gasteiger partial charge >= 0.3 is 12.2 Å². The van der Waals surface area contributed by atoms with E-state index in [-0.39, 0.29) is 18.8 Å². The van der Waals surface area contributed by atoms with Gasteiger partial charge in [-0.3, -0.25) is 0 Å². The van der Waals surface area contributed by atoms with Crippen LogP contribution in [0.15, 0.2) is 30.3 Å². The summed E-state index contributed by atoms with van der Waals surface area (Å²) >= 11 is 0. The Bertz CT molecular complexity index is 678. The van der Waals surface area contributed by atoms with Crippen LogP contribution in [0.25, 0.3) is 0 Å². The molecule has 2 saturated heterocycles. The number of nitrogens with zero attached hydrogens (tertiary/aromatic N) is 2. The Morgan fingerprint density at radius 3 is 2.36 bits per heavy atom. The van der Waals surface area contributed by atoms with Gasteiger partial charge < -0.3 is 24.0 Å². The molecular formula is C21H30N2O5. The highest BCUT2D eigenvalue weighted by atomic mass is 16.6. The van der Waals surface area contributed by atoms with E-state index >= 15 is 0 Å². The van der Waals surface area contributed by atoms with E-state index in [0.717, 1.165) is 5.56 Å². The van der Waals surface area contributed by atoms with Gasteiger partial charge in [0.25, 0.3) is 0 Å². The minimum absolute atomic E-state index is 0.268. The van der Waals surface area contributed by atoms with Crippen molar-refractivity contribution >= 4 is 12.2 Å². The molecule has 2 aliphatic rings. The van der Waals surface area contributed by atoms with Crippen molar-refractivity contribution in [1.82, 2.24) is 9.80 Å². The van der Waals surface area contributed by atoms with Crippen LogP contribution in [0.5, 0.6) is 0 Å². The molecule has 0 atom stereocenters. The van der Waals surface area contributed by atoms with Crippen LogP contribution in [0.2, 0.25) is 0 Å². The molecule has 2 heterocycles. The molecule has 154 valence electrons. The molecule has 0 unspecified atom stereocenters. The summed E-state index contributed by atoms with van der Waals surface area (Å²) in [5, 5.41) is 0. The monoisotopic (exact) mass is 390 g/mol. The van der Waals surface area contributed by atoms with E-state index in [1.807, 2.05) is 51.1 Å². The molecule has 0 aliphatic carbocycles. The molecule has 2 amide bonds. The Balaban J connectivity index is 1.49. The van der Waals surface area contributed by atoms with Crippen LogP contribution in [0.4, 0.5) is 9.59 Å².